The molecule has 3 unspecified atom stereocenters. The number of aliphatic hydroxyl groups excluding tert-OH is 1. The van der Waals surface area contributed by atoms with Gasteiger partial charge < -0.3 is 25.4 Å². The van der Waals surface area contributed by atoms with E-state index in [1.165, 1.54) is 17.8 Å². The zero-order chi connectivity index (χ0) is 35.8. The molecular weight excluding hydrogens is 679 g/mol. The summed E-state index contributed by atoms with van der Waals surface area (Å²) in [7, 11) is -4.09. The maximum atomic E-state index is 13.9. The number of anilines is 1. The Hall–Kier alpha value is -3.15. The predicted octanol–water partition coefficient (Wildman–Crippen LogP) is 3.05. The number of H-pyrrole nitrogens is 1. The number of aliphatic hydroxyl groups is 2. The number of aromatic nitrogens is 4. The molecule has 1 aliphatic rings. The van der Waals surface area contributed by atoms with Gasteiger partial charge in [0, 0.05) is 18.7 Å². The molecule has 1 aliphatic heterocycles. The van der Waals surface area contributed by atoms with Crippen LogP contribution in [0.15, 0.2) is 41.5 Å². The maximum Gasteiger partial charge on any atom is 0.405 e. The number of hydrogen-bond acceptors (Lipinski definition) is 14. The summed E-state index contributed by atoms with van der Waals surface area (Å²) < 4.78 is 37.9. The molecule has 0 amide bonds. The van der Waals surface area contributed by atoms with Crippen LogP contribution < -0.4 is 16.4 Å². The van der Waals surface area contributed by atoms with E-state index in [4.69, 9.17) is 24.3 Å². The van der Waals surface area contributed by atoms with Gasteiger partial charge in [0.05, 0.1) is 25.0 Å². The topological polar surface area (TPSA) is 230 Å². The third-order valence-corrected chi connectivity index (χ3v) is 10.6. The van der Waals surface area contributed by atoms with Gasteiger partial charge >= 0.3 is 13.7 Å². The SMILES string of the molecule is CCCCCC(=O)OCC(C)(C)C(=O)SCCOP(=O)(NCc1ccccc1)OCC1OC(n2cnc3c(=O)[nH]c(N)nc32)[C@](C)(O)[C@@H]1O. The normalized spacial score (nSPS) is 22.3. The highest BCUT2D eigenvalue weighted by Gasteiger charge is 2.54. The van der Waals surface area contributed by atoms with Gasteiger partial charge in [-0.2, -0.15) is 4.98 Å². The van der Waals surface area contributed by atoms with E-state index in [1.807, 2.05) is 37.3 Å². The van der Waals surface area contributed by atoms with E-state index < -0.39 is 49.4 Å². The lowest BCUT2D eigenvalue weighted by atomic mass is 9.96. The van der Waals surface area contributed by atoms with Gasteiger partial charge in [-0.25, -0.2) is 14.6 Å². The van der Waals surface area contributed by atoms with Gasteiger partial charge in [-0.3, -0.25) is 33.0 Å². The van der Waals surface area contributed by atoms with Gasteiger partial charge in [-0.05, 0) is 32.8 Å². The quantitative estimate of drug-likeness (QED) is 0.0721. The van der Waals surface area contributed by atoms with Crippen molar-refractivity contribution in [2.45, 2.75) is 84.0 Å². The van der Waals surface area contributed by atoms with Crippen molar-refractivity contribution in [3.8, 4) is 0 Å². The number of esters is 1. The molecule has 16 nitrogen and oxygen atoms in total. The molecule has 270 valence electrons. The average molecular weight is 725 g/mol. The van der Waals surface area contributed by atoms with Crippen molar-refractivity contribution >= 4 is 47.7 Å². The van der Waals surface area contributed by atoms with Crippen LogP contribution in [0.5, 0.6) is 0 Å². The zero-order valence-electron chi connectivity index (χ0n) is 28.0. The number of aromatic amines is 1. The Bertz CT molecular complexity index is 1680. The highest BCUT2D eigenvalue weighted by molar-refractivity contribution is 8.13. The summed E-state index contributed by atoms with van der Waals surface area (Å²) in [5.74, 6) is -0.399. The van der Waals surface area contributed by atoms with E-state index in [2.05, 4.69) is 20.0 Å². The summed E-state index contributed by atoms with van der Waals surface area (Å²) in [5, 5.41) is 24.9. The number of nitrogens with zero attached hydrogens (tertiary/aromatic N) is 3. The molecule has 0 radical (unpaired) electrons. The van der Waals surface area contributed by atoms with Crippen LogP contribution in [0.1, 0.15) is 65.2 Å². The molecule has 0 spiro atoms. The number of thioether (sulfide) groups is 1. The highest BCUT2D eigenvalue weighted by atomic mass is 32.2. The molecule has 3 heterocycles. The Morgan fingerprint density at radius 3 is 2.69 bits per heavy atom. The molecule has 49 heavy (non-hydrogen) atoms. The summed E-state index contributed by atoms with van der Waals surface area (Å²) in [6.07, 6.45) is 0.177. The van der Waals surface area contributed by atoms with Gasteiger partial charge in [-0.15, -0.1) is 0 Å². The molecule has 0 saturated carbocycles. The fraction of sp³-hybridized carbons (Fsp3) is 0.581. The van der Waals surface area contributed by atoms with Gasteiger partial charge in [0.1, 0.15) is 24.4 Å². The molecule has 0 bridgehead atoms. The van der Waals surface area contributed by atoms with Crippen LogP contribution in [0, 0.1) is 5.41 Å². The Labute approximate surface area is 288 Å². The van der Waals surface area contributed by atoms with Crippen molar-refractivity contribution in [1.82, 2.24) is 24.6 Å². The molecule has 6 N–H and O–H groups in total. The van der Waals surface area contributed by atoms with Crippen molar-refractivity contribution in [1.29, 1.82) is 0 Å². The number of carbonyl (C=O) groups excluding carboxylic acids is 2. The van der Waals surface area contributed by atoms with Crippen LogP contribution in [0.4, 0.5) is 5.95 Å². The highest BCUT2D eigenvalue weighted by Crippen LogP contribution is 2.47. The van der Waals surface area contributed by atoms with Crippen molar-refractivity contribution in [3.63, 3.8) is 0 Å². The van der Waals surface area contributed by atoms with E-state index >= 15 is 0 Å². The van der Waals surface area contributed by atoms with E-state index in [9.17, 15) is 29.2 Å². The second kappa shape index (κ2) is 16.7. The van der Waals surface area contributed by atoms with Crippen molar-refractivity contribution in [2.75, 3.05) is 31.3 Å². The van der Waals surface area contributed by atoms with Crippen molar-refractivity contribution in [3.05, 3.63) is 52.6 Å². The van der Waals surface area contributed by atoms with Crippen molar-refractivity contribution in [2.24, 2.45) is 5.41 Å². The molecule has 1 saturated heterocycles. The lowest BCUT2D eigenvalue weighted by molar-refractivity contribution is -0.147. The second-order valence-electron chi connectivity index (χ2n) is 12.6. The summed E-state index contributed by atoms with van der Waals surface area (Å²) >= 11 is 0.951. The molecule has 5 atom stereocenters. The Morgan fingerprint density at radius 2 is 1.98 bits per heavy atom. The number of unbranched alkanes of at least 4 members (excludes halogenated alkanes) is 2. The first kappa shape index (κ1) is 38.6. The van der Waals surface area contributed by atoms with Gasteiger partial charge in [-0.1, -0.05) is 61.9 Å². The number of imidazole rings is 1. The van der Waals surface area contributed by atoms with Crippen molar-refractivity contribution < 1.29 is 42.9 Å². The van der Waals surface area contributed by atoms with E-state index in [0.717, 1.165) is 36.6 Å². The molecule has 18 heteroatoms. The standard InChI is InChI=1S/C31H45N6O10PS/c1-5-6-8-13-22(38)44-18-30(2,3)28(41)49-15-14-45-48(43,34-16-20-11-9-7-10-12-20)46-17-21-24(39)31(4,42)27(47-21)37-19-33-23-25(37)35-29(32)36-26(23)40/h7,9-12,19,21,24,27,39,42H,5-6,8,13-18H2,1-4H3,(H,34,43)(H3,32,35,36,40)/t21?,24-,27?,31-,48?/m1/s1. The Kier molecular flexibility index (Phi) is 13.2. The van der Waals surface area contributed by atoms with E-state index in [0.29, 0.717) is 6.42 Å². The molecular formula is C31H45N6O10PS. The van der Waals surface area contributed by atoms with Gasteiger partial charge in [0.2, 0.25) is 5.95 Å². The number of ether oxygens (including phenoxy) is 2. The minimum absolute atomic E-state index is 0.0270. The largest absolute Gasteiger partial charge is 0.465 e. The summed E-state index contributed by atoms with van der Waals surface area (Å²) in [4.78, 5) is 47.7. The molecule has 4 rings (SSSR count). The third-order valence-electron chi connectivity index (χ3n) is 7.90. The van der Waals surface area contributed by atoms with E-state index in [-0.39, 0.29) is 53.7 Å². The smallest absolute Gasteiger partial charge is 0.405 e. The van der Waals surface area contributed by atoms with E-state index in [1.54, 1.807) is 13.8 Å². The monoisotopic (exact) mass is 724 g/mol. The van der Waals surface area contributed by atoms with Crippen LogP contribution in [-0.2, 0) is 39.2 Å². The average Bonchev–Trinajstić information content (AvgIpc) is 3.58. The molecule has 0 aliphatic carbocycles. The number of rotatable bonds is 18. The van der Waals surface area contributed by atoms with Crippen LogP contribution in [-0.4, -0.2) is 84.2 Å². The zero-order valence-corrected chi connectivity index (χ0v) is 29.7. The molecule has 1 fully saturated rings. The van der Waals surface area contributed by atoms with Crippen LogP contribution in [0.25, 0.3) is 11.2 Å². The predicted molar refractivity (Wildman–Crippen MR) is 182 cm³/mol. The van der Waals surface area contributed by atoms with Crippen LogP contribution >= 0.6 is 19.5 Å². The molecule has 3 aromatic rings. The van der Waals surface area contributed by atoms with Crippen LogP contribution in [0.2, 0.25) is 0 Å². The molecule has 1 aromatic carbocycles. The summed E-state index contributed by atoms with van der Waals surface area (Å²) in [6.45, 7) is 6.16. The lowest BCUT2D eigenvalue weighted by Crippen LogP contribution is -2.44. The second-order valence-corrected chi connectivity index (χ2v) is 15.5. The maximum absolute atomic E-state index is 13.9. The minimum Gasteiger partial charge on any atom is -0.465 e. The number of nitrogens with one attached hydrogen (secondary N) is 2. The number of carbonyl (C=O) groups is 2. The third kappa shape index (κ3) is 9.98. The summed E-state index contributed by atoms with van der Waals surface area (Å²) in [6, 6.07) is 9.10. The first-order valence-electron chi connectivity index (χ1n) is 16.0. The first-order chi connectivity index (χ1) is 23.2. The van der Waals surface area contributed by atoms with Gasteiger partial charge in [0.25, 0.3) is 5.56 Å². The molecule has 2 aromatic heterocycles. The number of nitrogens with two attached hydrogens (primary N) is 1. The fourth-order valence-electron chi connectivity index (χ4n) is 4.98. The summed E-state index contributed by atoms with van der Waals surface area (Å²) in [5.41, 5.74) is 3.01. The number of hydrogen-bond donors (Lipinski definition) is 5. The number of nitrogen functional groups attached to an aromatic ring is 1. The lowest BCUT2D eigenvalue weighted by Gasteiger charge is -2.27. The van der Waals surface area contributed by atoms with Crippen LogP contribution in [0.3, 0.4) is 0 Å². The number of fused-ring (bicyclic) bond motifs is 1. The Morgan fingerprint density at radius 1 is 1.24 bits per heavy atom. The Balaban J connectivity index is 1.38. The van der Waals surface area contributed by atoms with Gasteiger partial charge in [0.15, 0.2) is 22.5 Å². The number of benzene rings is 1. The fourth-order valence-corrected chi connectivity index (χ4v) is 7.21. The minimum atomic E-state index is -4.09. The first-order valence-corrected chi connectivity index (χ1v) is 18.5.